The van der Waals surface area contributed by atoms with E-state index in [1.54, 1.807) is 6.92 Å². The highest BCUT2D eigenvalue weighted by Gasteiger charge is 2.38. The molecule has 198 valence electrons. The van der Waals surface area contributed by atoms with Crippen molar-refractivity contribution in [3.8, 4) is 17.0 Å². The lowest BCUT2D eigenvalue weighted by Gasteiger charge is -2.22. The molecular weight excluding hydrogens is 490 g/mol. The quantitative estimate of drug-likeness (QED) is 0.430. The minimum absolute atomic E-state index is 0.0122. The van der Waals surface area contributed by atoms with Crippen LogP contribution in [-0.2, 0) is 23.6 Å². The van der Waals surface area contributed by atoms with Gasteiger partial charge in [0, 0.05) is 30.8 Å². The molecule has 1 aromatic heterocycles. The van der Waals surface area contributed by atoms with E-state index in [0.29, 0.717) is 36.9 Å². The Hall–Kier alpha value is -2.69. The molecule has 2 aromatic rings. The maximum Gasteiger partial charge on any atom is 0.417 e. The van der Waals surface area contributed by atoms with Crippen LogP contribution in [0.25, 0.3) is 11.3 Å². The highest BCUT2D eigenvalue weighted by Crippen LogP contribution is 2.43. The maximum absolute atomic E-state index is 13.9. The molecule has 1 saturated carbocycles. The maximum atomic E-state index is 13.9. The number of hydrogen-bond acceptors (Lipinski definition) is 3. The van der Waals surface area contributed by atoms with Gasteiger partial charge in [-0.1, -0.05) is 19.3 Å². The van der Waals surface area contributed by atoms with Crippen molar-refractivity contribution in [2.75, 3.05) is 6.61 Å². The van der Waals surface area contributed by atoms with Crippen LogP contribution in [0.5, 0.6) is 5.75 Å². The summed E-state index contributed by atoms with van der Waals surface area (Å²) < 4.78 is 94.4. The summed E-state index contributed by atoms with van der Waals surface area (Å²) in [4.78, 5) is 12.6. The largest absolute Gasteiger partial charge is 0.417 e. The Kier molecular flexibility index (Phi) is 7.59. The highest BCUT2D eigenvalue weighted by molar-refractivity contribution is 5.74. The molecule has 1 atom stereocenters. The lowest BCUT2D eigenvalue weighted by molar-refractivity contribution is -0.141. The molecule has 4 rings (SSSR count). The number of nitrogens with one attached hydrogen (secondary N) is 1. The Balaban J connectivity index is 1.75. The molecule has 0 bridgehead atoms. The fourth-order valence-corrected chi connectivity index (χ4v) is 4.90. The molecule has 1 N–H and O–H groups in total. The Morgan fingerprint density at radius 1 is 1.03 bits per heavy atom. The van der Waals surface area contributed by atoms with Gasteiger partial charge in [-0.25, -0.2) is 4.79 Å². The van der Waals surface area contributed by atoms with Crippen molar-refractivity contribution >= 4 is 6.09 Å². The highest BCUT2D eigenvalue weighted by atomic mass is 19.4. The molecule has 2 aliphatic rings. The Morgan fingerprint density at radius 2 is 1.75 bits per heavy atom. The topological polar surface area (TPSA) is 52.5 Å². The van der Waals surface area contributed by atoms with E-state index >= 15 is 0 Å². The zero-order chi connectivity index (χ0) is 26.1. The smallest absolute Gasteiger partial charge is 0.408 e. The predicted molar refractivity (Wildman–Crippen MR) is 120 cm³/mol. The zero-order valence-corrected chi connectivity index (χ0v) is 19.8. The van der Waals surface area contributed by atoms with E-state index in [9.17, 15) is 31.1 Å². The van der Waals surface area contributed by atoms with Crippen molar-refractivity contribution in [2.24, 2.45) is 0 Å². The fourth-order valence-electron chi connectivity index (χ4n) is 4.90. The van der Waals surface area contributed by atoms with Crippen LogP contribution in [-0.4, -0.2) is 29.4 Å². The molecule has 5 nitrogen and oxygen atoms in total. The number of rotatable bonds is 5. The molecule has 0 radical (unpaired) electrons. The van der Waals surface area contributed by atoms with Gasteiger partial charge >= 0.3 is 18.4 Å². The number of carbonyl (C=O) groups is 1. The molecular formula is C25H28F6N2O3. The summed E-state index contributed by atoms with van der Waals surface area (Å²) in [6.07, 6.45) is -4.73. The van der Waals surface area contributed by atoms with Crippen molar-refractivity contribution in [1.29, 1.82) is 0 Å². The molecule has 11 heteroatoms. The number of halogens is 6. The van der Waals surface area contributed by atoms with Crippen LogP contribution in [0.2, 0.25) is 0 Å². The summed E-state index contributed by atoms with van der Waals surface area (Å²) in [6, 6.07) is 2.50. The van der Waals surface area contributed by atoms with Crippen LogP contribution in [0, 0.1) is 6.92 Å². The third-order valence-electron chi connectivity index (χ3n) is 6.79. The number of amides is 1. The number of benzene rings is 1. The SMILES string of the molecule is Cc1c(OC(=O)NC2CCCCC2)cc(-c2cc(C(F)(F)F)ccc2C(F)(F)F)n1C[C@H]1CCCO1. The molecule has 1 aliphatic heterocycles. The number of ether oxygens (including phenoxy) is 2. The molecule has 0 unspecified atom stereocenters. The van der Waals surface area contributed by atoms with Gasteiger partial charge in [0.25, 0.3) is 0 Å². The van der Waals surface area contributed by atoms with E-state index in [4.69, 9.17) is 9.47 Å². The van der Waals surface area contributed by atoms with E-state index in [-0.39, 0.29) is 30.1 Å². The van der Waals surface area contributed by atoms with Gasteiger partial charge in [0.1, 0.15) is 0 Å². The zero-order valence-electron chi connectivity index (χ0n) is 19.8. The van der Waals surface area contributed by atoms with Crippen molar-refractivity contribution < 1.29 is 40.6 Å². The van der Waals surface area contributed by atoms with Gasteiger partial charge in [-0.3, -0.25) is 0 Å². The molecule has 0 spiro atoms. The van der Waals surface area contributed by atoms with Crippen LogP contribution in [0.3, 0.4) is 0 Å². The van der Waals surface area contributed by atoms with Crippen LogP contribution in [0.1, 0.15) is 61.8 Å². The Morgan fingerprint density at radius 3 is 2.36 bits per heavy atom. The first-order valence-electron chi connectivity index (χ1n) is 12.0. The van der Waals surface area contributed by atoms with E-state index in [1.807, 2.05) is 0 Å². The number of carbonyl (C=O) groups excluding carboxylic acids is 1. The molecule has 2 fully saturated rings. The van der Waals surface area contributed by atoms with Gasteiger partial charge in [-0.05, 0) is 50.8 Å². The number of aromatic nitrogens is 1. The minimum Gasteiger partial charge on any atom is -0.408 e. The number of hydrogen-bond donors (Lipinski definition) is 1. The molecule has 2 heterocycles. The van der Waals surface area contributed by atoms with Crippen molar-refractivity contribution in [1.82, 2.24) is 9.88 Å². The predicted octanol–water partition coefficient (Wildman–Crippen LogP) is 7.10. The number of nitrogens with zero attached hydrogens (tertiary/aromatic N) is 1. The van der Waals surface area contributed by atoms with Gasteiger partial charge in [0.15, 0.2) is 5.75 Å². The first kappa shape index (κ1) is 26.4. The lowest BCUT2D eigenvalue weighted by atomic mass is 9.96. The first-order valence-corrected chi connectivity index (χ1v) is 12.0. The second-order valence-electron chi connectivity index (χ2n) is 9.35. The monoisotopic (exact) mass is 518 g/mol. The standard InChI is InChI=1S/C25H28F6N2O3/c1-15-22(36-23(34)32-17-6-3-2-4-7-17)13-21(33(15)14-18-8-5-11-35-18)19-12-16(24(26,27)28)9-10-20(19)25(29,30)31/h9-10,12-13,17-18H,2-8,11,14H2,1H3,(H,32,34)/t18-/m1/s1. The summed E-state index contributed by atoms with van der Waals surface area (Å²) in [5, 5.41) is 2.78. The molecule has 1 saturated heterocycles. The van der Waals surface area contributed by atoms with E-state index in [0.717, 1.165) is 38.5 Å². The van der Waals surface area contributed by atoms with E-state index in [1.165, 1.54) is 10.6 Å². The minimum atomic E-state index is -4.90. The van der Waals surface area contributed by atoms with E-state index in [2.05, 4.69) is 5.32 Å². The fraction of sp³-hybridized carbons (Fsp3) is 0.560. The summed E-state index contributed by atoms with van der Waals surface area (Å²) in [5.74, 6) is -0.0122. The van der Waals surface area contributed by atoms with Crippen molar-refractivity contribution in [2.45, 2.75) is 82.9 Å². The molecule has 1 aliphatic carbocycles. The lowest BCUT2D eigenvalue weighted by Crippen LogP contribution is -2.38. The van der Waals surface area contributed by atoms with Crippen LogP contribution < -0.4 is 10.1 Å². The average Bonchev–Trinajstić information content (AvgIpc) is 3.42. The van der Waals surface area contributed by atoms with Gasteiger partial charge in [0.05, 0.1) is 28.6 Å². The Bertz CT molecular complexity index is 1080. The second-order valence-corrected chi connectivity index (χ2v) is 9.35. The summed E-state index contributed by atoms with van der Waals surface area (Å²) >= 11 is 0. The van der Waals surface area contributed by atoms with E-state index < -0.39 is 35.1 Å². The van der Waals surface area contributed by atoms with Crippen LogP contribution >= 0.6 is 0 Å². The van der Waals surface area contributed by atoms with Gasteiger partial charge in [0.2, 0.25) is 0 Å². The molecule has 1 aromatic carbocycles. The average molecular weight is 518 g/mol. The number of alkyl halides is 6. The van der Waals surface area contributed by atoms with Crippen molar-refractivity contribution in [3.05, 3.63) is 41.1 Å². The first-order chi connectivity index (χ1) is 16.9. The normalized spacial score (nSPS) is 19.5. The third kappa shape index (κ3) is 5.99. The third-order valence-corrected chi connectivity index (χ3v) is 6.79. The molecule has 1 amide bonds. The van der Waals surface area contributed by atoms with Gasteiger partial charge in [-0.2, -0.15) is 26.3 Å². The summed E-state index contributed by atoms with van der Waals surface area (Å²) in [6.45, 7) is 2.16. The summed E-state index contributed by atoms with van der Waals surface area (Å²) in [7, 11) is 0. The van der Waals surface area contributed by atoms with Crippen molar-refractivity contribution in [3.63, 3.8) is 0 Å². The van der Waals surface area contributed by atoms with Crippen LogP contribution in [0.15, 0.2) is 24.3 Å². The second kappa shape index (κ2) is 10.4. The summed E-state index contributed by atoms with van der Waals surface area (Å²) in [5.41, 5.74) is -2.85. The van der Waals surface area contributed by atoms with Gasteiger partial charge in [-0.15, -0.1) is 0 Å². The van der Waals surface area contributed by atoms with Crippen LogP contribution in [0.4, 0.5) is 31.1 Å². The molecule has 36 heavy (non-hydrogen) atoms. The Labute approximate surface area is 204 Å². The van der Waals surface area contributed by atoms with Gasteiger partial charge < -0.3 is 19.4 Å².